The van der Waals surface area contributed by atoms with Gasteiger partial charge >= 0.3 is 0 Å². The zero-order valence-corrected chi connectivity index (χ0v) is 14.9. The highest BCUT2D eigenvalue weighted by Gasteiger charge is 2.26. The van der Waals surface area contributed by atoms with Gasteiger partial charge in [0, 0.05) is 5.56 Å². The molecule has 0 atom stereocenters. The summed E-state index contributed by atoms with van der Waals surface area (Å²) in [7, 11) is 0. The zero-order chi connectivity index (χ0) is 18.1. The fraction of sp³-hybridized carbons (Fsp3) is 0.368. The van der Waals surface area contributed by atoms with E-state index in [2.05, 4.69) is 22.3 Å². The summed E-state index contributed by atoms with van der Waals surface area (Å²) in [6, 6.07) is 9.87. The Bertz CT molecular complexity index is 900. The molecule has 1 fully saturated rings. The topological polar surface area (TPSA) is 79.4 Å². The molecule has 3 aromatic rings. The molecular weight excluding hydrogens is 348 g/mol. The molecule has 2 N–H and O–H groups in total. The minimum atomic E-state index is 0.324. The van der Waals surface area contributed by atoms with Gasteiger partial charge in [-0.15, -0.1) is 10.2 Å². The van der Waals surface area contributed by atoms with E-state index < -0.39 is 0 Å². The van der Waals surface area contributed by atoms with Gasteiger partial charge in [0.2, 0.25) is 6.79 Å². The van der Waals surface area contributed by atoms with E-state index in [4.69, 9.17) is 18.3 Å². The second-order valence-corrected chi connectivity index (χ2v) is 7.02. The maximum absolute atomic E-state index is 5.73. The van der Waals surface area contributed by atoms with Gasteiger partial charge in [0.15, 0.2) is 23.8 Å². The molecule has 0 bridgehead atoms. The first-order chi connectivity index (χ1) is 13.3. The van der Waals surface area contributed by atoms with Crippen molar-refractivity contribution in [2.75, 3.05) is 33.0 Å². The molecule has 8 heteroatoms. The molecule has 1 saturated heterocycles. The van der Waals surface area contributed by atoms with Crippen LogP contribution in [0.3, 0.4) is 0 Å². The molecule has 4 heterocycles. The van der Waals surface area contributed by atoms with E-state index in [1.807, 2.05) is 18.2 Å². The van der Waals surface area contributed by atoms with Crippen LogP contribution in [0.25, 0.3) is 11.7 Å². The molecule has 8 nitrogen and oxygen atoms in total. The number of piperazine rings is 1. The van der Waals surface area contributed by atoms with Crippen molar-refractivity contribution in [1.82, 2.24) is 10.2 Å². The van der Waals surface area contributed by atoms with Crippen LogP contribution in [-0.2, 0) is 13.1 Å². The third kappa shape index (κ3) is 3.54. The van der Waals surface area contributed by atoms with E-state index >= 15 is 0 Å². The molecule has 0 saturated carbocycles. The number of aromatic nitrogens is 2. The van der Waals surface area contributed by atoms with Gasteiger partial charge in [-0.2, -0.15) is 0 Å². The zero-order valence-electron chi connectivity index (χ0n) is 14.9. The first-order valence-corrected chi connectivity index (χ1v) is 9.25. The number of hydrogen-bond donors (Lipinski definition) is 2. The van der Waals surface area contributed by atoms with Gasteiger partial charge in [-0.05, 0) is 30.3 Å². The van der Waals surface area contributed by atoms with Gasteiger partial charge < -0.3 is 28.1 Å². The molecule has 140 valence electrons. The van der Waals surface area contributed by atoms with E-state index in [-0.39, 0.29) is 0 Å². The van der Waals surface area contributed by atoms with Gasteiger partial charge in [0.25, 0.3) is 11.8 Å². The van der Waals surface area contributed by atoms with Crippen molar-refractivity contribution < 1.29 is 28.1 Å². The van der Waals surface area contributed by atoms with Crippen LogP contribution in [0, 0.1) is 0 Å². The van der Waals surface area contributed by atoms with Gasteiger partial charge in [-0.3, -0.25) is 0 Å². The molecular formula is C19H22N4O4+2. The third-order valence-corrected chi connectivity index (χ3v) is 5.16. The fourth-order valence-electron chi connectivity index (χ4n) is 3.69. The number of nitrogens with one attached hydrogen (secondary N) is 2. The standard InChI is InChI=1S/C19H20N4O4/c1-2-16(24-9-1)19-21-20-18(27-19)12-23-7-5-22(6-8-23)11-14-3-4-15-17(10-14)26-13-25-15/h1-4,9-10H,5-8,11-13H2/p+2. The van der Waals surface area contributed by atoms with Crippen molar-refractivity contribution in [3.05, 3.63) is 48.0 Å². The second kappa shape index (κ2) is 7.05. The Hall–Kier alpha value is -2.84. The lowest BCUT2D eigenvalue weighted by molar-refractivity contribution is -1.02. The lowest BCUT2D eigenvalue weighted by atomic mass is 10.1. The van der Waals surface area contributed by atoms with Crippen molar-refractivity contribution in [3.8, 4) is 23.1 Å². The summed E-state index contributed by atoms with van der Waals surface area (Å²) >= 11 is 0. The molecule has 27 heavy (non-hydrogen) atoms. The highest BCUT2D eigenvalue weighted by molar-refractivity contribution is 5.44. The molecule has 2 aromatic heterocycles. The number of ether oxygens (including phenoxy) is 2. The van der Waals surface area contributed by atoms with Crippen molar-refractivity contribution in [2.45, 2.75) is 13.1 Å². The molecule has 0 radical (unpaired) electrons. The maximum atomic E-state index is 5.73. The lowest BCUT2D eigenvalue weighted by Gasteiger charge is -2.29. The fourth-order valence-corrected chi connectivity index (χ4v) is 3.69. The van der Waals surface area contributed by atoms with Crippen LogP contribution >= 0.6 is 0 Å². The van der Waals surface area contributed by atoms with Crippen molar-refractivity contribution in [1.29, 1.82) is 0 Å². The summed E-state index contributed by atoms with van der Waals surface area (Å²) in [6.45, 7) is 6.48. The molecule has 5 rings (SSSR count). The summed E-state index contributed by atoms with van der Waals surface area (Å²) in [5.74, 6) is 3.43. The number of furan rings is 1. The van der Waals surface area contributed by atoms with Crippen LogP contribution in [0.15, 0.2) is 45.4 Å². The second-order valence-electron chi connectivity index (χ2n) is 7.02. The largest absolute Gasteiger partial charge is 0.459 e. The Balaban J connectivity index is 1.14. The summed E-state index contributed by atoms with van der Waals surface area (Å²) < 4.78 is 21.9. The Kier molecular flexibility index (Phi) is 4.27. The van der Waals surface area contributed by atoms with Gasteiger partial charge in [0.05, 0.1) is 6.26 Å². The van der Waals surface area contributed by atoms with Gasteiger partial charge in [-0.1, -0.05) is 0 Å². The summed E-state index contributed by atoms with van der Waals surface area (Å²) in [6.07, 6.45) is 1.60. The van der Waals surface area contributed by atoms with Crippen LogP contribution in [0.1, 0.15) is 11.5 Å². The maximum Gasteiger partial charge on any atom is 0.283 e. The molecule has 2 aliphatic heterocycles. The summed E-state index contributed by atoms with van der Waals surface area (Å²) in [4.78, 5) is 3.05. The number of fused-ring (bicyclic) bond motifs is 1. The highest BCUT2D eigenvalue weighted by Crippen LogP contribution is 2.32. The van der Waals surface area contributed by atoms with E-state index in [1.165, 1.54) is 10.5 Å². The van der Waals surface area contributed by atoms with Crippen molar-refractivity contribution in [3.63, 3.8) is 0 Å². The van der Waals surface area contributed by atoms with Crippen molar-refractivity contribution in [2.24, 2.45) is 0 Å². The number of benzene rings is 1. The van der Waals surface area contributed by atoms with Gasteiger partial charge in [0.1, 0.15) is 32.7 Å². The normalized spacial score (nSPS) is 21.5. The molecule has 0 aliphatic carbocycles. The Labute approximate surface area is 156 Å². The van der Waals surface area contributed by atoms with Gasteiger partial charge in [-0.25, -0.2) is 0 Å². The summed E-state index contributed by atoms with van der Waals surface area (Å²) in [5.41, 5.74) is 1.29. The minimum absolute atomic E-state index is 0.324. The van der Waals surface area contributed by atoms with E-state index in [0.29, 0.717) is 24.3 Å². The minimum Gasteiger partial charge on any atom is -0.459 e. The number of rotatable bonds is 5. The molecule has 0 amide bonds. The van der Waals surface area contributed by atoms with E-state index in [9.17, 15) is 0 Å². The van der Waals surface area contributed by atoms with Crippen LogP contribution in [0.2, 0.25) is 0 Å². The first kappa shape index (κ1) is 16.3. The molecule has 0 unspecified atom stereocenters. The lowest BCUT2D eigenvalue weighted by Crippen LogP contribution is -3.27. The number of hydrogen-bond acceptors (Lipinski definition) is 6. The smallest absolute Gasteiger partial charge is 0.283 e. The number of nitrogens with zero attached hydrogens (tertiary/aromatic N) is 2. The first-order valence-electron chi connectivity index (χ1n) is 9.25. The SMILES string of the molecule is c1coc(-c2nnc(C[NH+]3CC[NH+](Cc4ccc5c(c4)OCO5)CC3)o2)c1. The Morgan fingerprint density at radius 2 is 1.70 bits per heavy atom. The van der Waals surface area contributed by atoms with Crippen LogP contribution in [-0.4, -0.2) is 43.2 Å². The van der Waals surface area contributed by atoms with E-state index in [1.54, 1.807) is 11.2 Å². The molecule has 0 spiro atoms. The predicted octanol–water partition coefficient (Wildman–Crippen LogP) is -0.458. The Morgan fingerprint density at radius 3 is 2.52 bits per heavy atom. The van der Waals surface area contributed by atoms with E-state index in [0.717, 1.165) is 50.8 Å². The highest BCUT2D eigenvalue weighted by atomic mass is 16.7. The number of quaternary nitrogens is 2. The van der Waals surface area contributed by atoms with Crippen molar-refractivity contribution >= 4 is 0 Å². The monoisotopic (exact) mass is 370 g/mol. The Morgan fingerprint density at radius 1 is 0.889 bits per heavy atom. The van der Waals surface area contributed by atoms with Crippen LogP contribution in [0.5, 0.6) is 11.5 Å². The molecule has 2 aliphatic rings. The predicted molar refractivity (Wildman–Crippen MR) is 93.4 cm³/mol. The van der Waals surface area contributed by atoms with Crippen LogP contribution < -0.4 is 19.3 Å². The average molecular weight is 370 g/mol. The summed E-state index contributed by atoms with van der Waals surface area (Å²) in [5, 5.41) is 8.23. The average Bonchev–Trinajstić information content (AvgIpc) is 3.44. The molecule has 1 aromatic carbocycles. The quantitative estimate of drug-likeness (QED) is 0.633. The van der Waals surface area contributed by atoms with Crippen LogP contribution in [0.4, 0.5) is 0 Å². The third-order valence-electron chi connectivity index (χ3n) is 5.16.